The van der Waals surface area contributed by atoms with E-state index in [4.69, 9.17) is 13.3 Å². The van der Waals surface area contributed by atoms with Crippen LogP contribution in [0.2, 0.25) is 6.04 Å². The Morgan fingerprint density at radius 1 is 1.07 bits per heavy atom. The highest BCUT2D eigenvalue weighted by molar-refractivity contribution is 6.60. The Hall–Kier alpha value is 0.0169. The second kappa shape index (κ2) is 8.20. The van der Waals surface area contributed by atoms with Gasteiger partial charge in [-0.15, -0.1) is 0 Å². The van der Waals surface area contributed by atoms with Crippen molar-refractivity contribution in [2.75, 3.05) is 55.1 Å². The van der Waals surface area contributed by atoms with E-state index in [0.29, 0.717) is 0 Å². The van der Waals surface area contributed by atoms with Crippen LogP contribution < -0.4 is 5.32 Å². The first-order chi connectivity index (χ1) is 7.14. The van der Waals surface area contributed by atoms with E-state index >= 15 is 0 Å². The summed E-state index contributed by atoms with van der Waals surface area (Å²) >= 11 is 0. The van der Waals surface area contributed by atoms with Crippen LogP contribution in [0, 0.1) is 0 Å². The molecule has 0 aromatic heterocycles. The van der Waals surface area contributed by atoms with E-state index in [1.165, 1.54) is 0 Å². The van der Waals surface area contributed by atoms with Gasteiger partial charge in [-0.05, 0) is 14.1 Å². The molecule has 0 saturated carbocycles. The molecule has 0 aliphatic heterocycles. The van der Waals surface area contributed by atoms with E-state index in [0.717, 1.165) is 25.7 Å². The summed E-state index contributed by atoms with van der Waals surface area (Å²) in [4.78, 5) is 2.23. The molecule has 5 nitrogen and oxygen atoms in total. The first-order valence-corrected chi connectivity index (χ1v) is 7.06. The first-order valence-electron chi connectivity index (χ1n) is 5.12. The van der Waals surface area contributed by atoms with Crippen molar-refractivity contribution in [2.45, 2.75) is 6.04 Å². The first kappa shape index (κ1) is 15.0. The molecule has 6 heteroatoms. The highest BCUT2D eigenvalue weighted by Crippen LogP contribution is 2.12. The van der Waals surface area contributed by atoms with Gasteiger partial charge in [0.25, 0.3) is 0 Å². The average Bonchev–Trinajstić information content (AvgIpc) is 2.29. The van der Waals surface area contributed by atoms with Gasteiger partial charge in [-0.1, -0.05) is 0 Å². The Labute approximate surface area is 94.1 Å². The van der Waals surface area contributed by atoms with Gasteiger partial charge in [0, 0.05) is 47.0 Å². The van der Waals surface area contributed by atoms with Crippen molar-refractivity contribution in [1.29, 1.82) is 0 Å². The Morgan fingerprint density at radius 3 is 2.00 bits per heavy atom. The molecule has 1 N–H and O–H groups in total. The Kier molecular flexibility index (Phi) is 8.21. The predicted molar refractivity (Wildman–Crippen MR) is 63.0 cm³/mol. The van der Waals surface area contributed by atoms with Crippen molar-refractivity contribution in [3.05, 3.63) is 0 Å². The van der Waals surface area contributed by atoms with Crippen LogP contribution in [0.4, 0.5) is 0 Å². The maximum Gasteiger partial charge on any atom is 0.501 e. The Bertz CT molecular complexity index is 148. The minimum atomic E-state index is -2.38. The summed E-state index contributed by atoms with van der Waals surface area (Å²) in [6, 6.07) is 0.816. The highest BCUT2D eigenvalue weighted by atomic mass is 28.4. The second-order valence-electron chi connectivity index (χ2n) is 3.45. The van der Waals surface area contributed by atoms with Gasteiger partial charge in [-0.3, -0.25) is 0 Å². The smallest absolute Gasteiger partial charge is 0.377 e. The fraction of sp³-hybridized carbons (Fsp3) is 1.00. The van der Waals surface area contributed by atoms with Crippen LogP contribution in [0.5, 0.6) is 0 Å². The Balaban J connectivity index is 3.88. The standard InChI is InChI=1S/C9H24N2O3Si/c1-10-6-7-11(2)8-9-15(12-3,13-4)14-5/h10H,6-9H2,1-5H3. The maximum absolute atomic E-state index is 5.34. The number of hydrogen-bond donors (Lipinski definition) is 1. The summed E-state index contributed by atoms with van der Waals surface area (Å²) in [6.45, 7) is 2.92. The van der Waals surface area contributed by atoms with Crippen LogP contribution >= 0.6 is 0 Å². The average molecular weight is 236 g/mol. The minimum Gasteiger partial charge on any atom is -0.377 e. The molecule has 0 rings (SSSR count). The molecule has 0 spiro atoms. The molecule has 0 unspecified atom stereocenters. The van der Waals surface area contributed by atoms with Crippen LogP contribution in [0.3, 0.4) is 0 Å². The predicted octanol–water partition coefficient (Wildman–Crippen LogP) is 0.0157. The molecular formula is C9H24N2O3Si. The third-order valence-corrected chi connectivity index (χ3v) is 5.18. The molecule has 0 heterocycles. The van der Waals surface area contributed by atoms with Gasteiger partial charge in [-0.25, -0.2) is 0 Å². The summed E-state index contributed by atoms with van der Waals surface area (Å²) in [6.07, 6.45) is 0. The van der Waals surface area contributed by atoms with E-state index in [1.807, 2.05) is 7.05 Å². The zero-order valence-electron chi connectivity index (χ0n) is 10.5. The molecule has 0 saturated heterocycles. The topological polar surface area (TPSA) is 43.0 Å². The van der Waals surface area contributed by atoms with E-state index in [9.17, 15) is 0 Å². The van der Waals surface area contributed by atoms with E-state index < -0.39 is 8.80 Å². The van der Waals surface area contributed by atoms with Crippen LogP contribution in [-0.2, 0) is 13.3 Å². The SMILES string of the molecule is CNCCN(C)CC[Si](OC)(OC)OC. The molecule has 0 aromatic rings. The fourth-order valence-electron chi connectivity index (χ4n) is 1.30. The lowest BCUT2D eigenvalue weighted by Gasteiger charge is -2.26. The monoisotopic (exact) mass is 236 g/mol. The maximum atomic E-state index is 5.34. The minimum absolute atomic E-state index is 0.816. The number of likely N-dealkylation sites (N-methyl/N-ethyl adjacent to an activating group) is 2. The third-order valence-electron chi connectivity index (χ3n) is 2.48. The molecule has 15 heavy (non-hydrogen) atoms. The largest absolute Gasteiger partial charge is 0.501 e. The fourth-order valence-corrected chi connectivity index (χ4v) is 3.07. The lowest BCUT2D eigenvalue weighted by molar-refractivity contribution is 0.120. The summed E-state index contributed by atoms with van der Waals surface area (Å²) in [7, 11) is 6.59. The van der Waals surface area contributed by atoms with Crippen molar-refractivity contribution in [2.24, 2.45) is 0 Å². The molecule has 0 bridgehead atoms. The van der Waals surface area contributed by atoms with Crippen LogP contribution in [-0.4, -0.2) is 68.8 Å². The van der Waals surface area contributed by atoms with Gasteiger partial charge in [-0.2, -0.15) is 0 Å². The number of hydrogen-bond acceptors (Lipinski definition) is 5. The summed E-state index contributed by atoms with van der Waals surface area (Å²) < 4.78 is 16.0. The highest BCUT2D eigenvalue weighted by Gasteiger charge is 2.37. The molecule has 0 fully saturated rings. The second-order valence-corrected chi connectivity index (χ2v) is 6.54. The molecule has 0 radical (unpaired) electrons. The van der Waals surface area contributed by atoms with Crippen molar-refractivity contribution in [1.82, 2.24) is 10.2 Å². The number of nitrogens with zero attached hydrogens (tertiary/aromatic N) is 1. The molecule has 0 aliphatic rings. The quantitative estimate of drug-likeness (QED) is 0.572. The lowest BCUT2D eigenvalue weighted by Crippen LogP contribution is -2.45. The van der Waals surface area contributed by atoms with Crippen molar-refractivity contribution in [3.63, 3.8) is 0 Å². The van der Waals surface area contributed by atoms with Crippen molar-refractivity contribution >= 4 is 8.80 Å². The van der Waals surface area contributed by atoms with Crippen molar-refractivity contribution in [3.8, 4) is 0 Å². The van der Waals surface area contributed by atoms with Gasteiger partial charge in [0.2, 0.25) is 0 Å². The summed E-state index contributed by atoms with van der Waals surface area (Å²) in [5.41, 5.74) is 0. The zero-order chi connectivity index (χ0) is 11.7. The van der Waals surface area contributed by atoms with E-state index in [-0.39, 0.29) is 0 Å². The van der Waals surface area contributed by atoms with Gasteiger partial charge in [0.05, 0.1) is 0 Å². The molecular weight excluding hydrogens is 212 g/mol. The molecule has 0 atom stereocenters. The molecule has 0 aromatic carbocycles. The lowest BCUT2D eigenvalue weighted by atomic mass is 10.5. The molecule has 0 amide bonds. The third kappa shape index (κ3) is 5.60. The summed E-state index contributed by atoms with van der Waals surface area (Å²) in [5, 5.41) is 3.11. The van der Waals surface area contributed by atoms with E-state index in [2.05, 4.69) is 17.3 Å². The van der Waals surface area contributed by atoms with Gasteiger partial charge < -0.3 is 23.5 Å². The normalized spacial score (nSPS) is 12.4. The number of rotatable bonds is 9. The summed E-state index contributed by atoms with van der Waals surface area (Å²) in [5.74, 6) is 0. The zero-order valence-corrected chi connectivity index (χ0v) is 11.5. The van der Waals surface area contributed by atoms with Gasteiger partial charge >= 0.3 is 8.80 Å². The van der Waals surface area contributed by atoms with Crippen LogP contribution in [0.15, 0.2) is 0 Å². The van der Waals surface area contributed by atoms with Crippen molar-refractivity contribution < 1.29 is 13.3 Å². The van der Waals surface area contributed by atoms with Gasteiger partial charge in [0.15, 0.2) is 0 Å². The molecule has 92 valence electrons. The molecule has 0 aliphatic carbocycles. The van der Waals surface area contributed by atoms with Crippen LogP contribution in [0.25, 0.3) is 0 Å². The van der Waals surface area contributed by atoms with Crippen LogP contribution in [0.1, 0.15) is 0 Å². The number of nitrogens with one attached hydrogen (secondary N) is 1. The van der Waals surface area contributed by atoms with Gasteiger partial charge in [0.1, 0.15) is 0 Å². The van der Waals surface area contributed by atoms with E-state index in [1.54, 1.807) is 21.3 Å². The Morgan fingerprint density at radius 2 is 1.60 bits per heavy atom.